The molecule has 3 nitrogen and oxygen atoms in total. The van der Waals surface area contributed by atoms with Crippen LogP contribution in [0.4, 0.5) is 0 Å². The summed E-state index contributed by atoms with van der Waals surface area (Å²) >= 11 is 0. The Morgan fingerprint density at radius 1 is 1.04 bits per heavy atom. The first-order chi connectivity index (χ1) is 11.1. The van der Waals surface area contributed by atoms with Crippen molar-refractivity contribution in [1.29, 1.82) is 0 Å². The average molecular weight is 312 g/mol. The molecule has 4 aliphatic carbocycles. The van der Waals surface area contributed by atoms with Crippen molar-refractivity contribution in [2.24, 2.45) is 17.8 Å². The van der Waals surface area contributed by atoms with E-state index in [0.717, 1.165) is 17.8 Å². The third-order valence-corrected chi connectivity index (χ3v) is 6.27. The summed E-state index contributed by atoms with van der Waals surface area (Å²) < 4.78 is 0. The third-order valence-electron chi connectivity index (χ3n) is 6.27. The maximum atomic E-state index is 12.2. The van der Waals surface area contributed by atoms with Gasteiger partial charge in [0.15, 0.2) is 0 Å². The smallest absolute Gasteiger partial charge is 0.234 e. The summed E-state index contributed by atoms with van der Waals surface area (Å²) in [6.07, 6.45) is 8.22. The van der Waals surface area contributed by atoms with E-state index in [1.165, 1.54) is 49.7 Å². The number of hydrogen-bond acceptors (Lipinski definition) is 2. The van der Waals surface area contributed by atoms with E-state index in [1.807, 2.05) is 0 Å². The van der Waals surface area contributed by atoms with Crippen LogP contribution >= 0.6 is 0 Å². The van der Waals surface area contributed by atoms with Gasteiger partial charge in [0.2, 0.25) is 5.91 Å². The Morgan fingerprint density at radius 3 is 2.17 bits per heavy atom. The van der Waals surface area contributed by atoms with Crippen molar-refractivity contribution in [3.05, 3.63) is 35.4 Å². The highest BCUT2D eigenvalue weighted by Crippen LogP contribution is 2.55. The van der Waals surface area contributed by atoms with Crippen molar-refractivity contribution >= 4 is 5.91 Å². The Hall–Kier alpha value is -1.35. The summed E-state index contributed by atoms with van der Waals surface area (Å²) in [5.74, 6) is 2.89. The van der Waals surface area contributed by atoms with Gasteiger partial charge >= 0.3 is 0 Å². The summed E-state index contributed by atoms with van der Waals surface area (Å²) in [5.41, 5.74) is 2.69. The van der Waals surface area contributed by atoms with Gasteiger partial charge in [-0.2, -0.15) is 0 Å². The molecule has 0 heterocycles. The second-order valence-electron chi connectivity index (χ2n) is 8.31. The molecular formula is C20H28N2O. The monoisotopic (exact) mass is 312 g/mol. The van der Waals surface area contributed by atoms with E-state index in [4.69, 9.17) is 0 Å². The fourth-order valence-corrected chi connectivity index (χ4v) is 5.56. The molecule has 0 aliphatic heterocycles. The minimum absolute atomic E-state index is 0.126. The summed E-state index contributed by atoms with van der Waals surface area (Å²) in [7, 11) is 0. The first-order valence-corrected chi connectivity index (χ1v) is 9.17. The molecule has 23 heavy (non-hydrogen) atoms. The molecular weight excluding hydrogens is 284 g/mol. The molecule has 2 N–H and O–H groups in total. The molecule has 1 amide bonds. The highest BCUT2D eigenvalue weighted by molar-refractivity contribution is 5.78. The Labute approximate surface area is 139 Å². The number of amides is 1. The zero-order valence-electron chi connectivity index (χ0n) is 14.1. The molecule has 1 aromatic carbocycles. The fraction of sp³-hybridized carbons (Fsp3) is 0.650. The maximum absolute atomic E-state index is 12.2. The molecule has 0 unspecified atom stereocenters. The fourth-order valence-electron chi connectivity index (χ4n) is 5.56. The second-order valence-corrected chi connectivity index (χ2v) is 8.31. The largest absolute Gasteiger partial charge is 0.351 e. The van der Waals surface area contributed by atoms with E-state index in [0.29, 0.717) is 13.1 Å². The van der Waals surface area contributed by atoms with Gasteiger partial charge in [0.05, 0.1) is 6.54 Å². The standard InChI is InChI=1S/C20H28N2O/c1-14-2-4-15(5-3-14)12-21-19(23)13-22-20-9-16-6-17(10-20)8-18(7-16)11-20/h2-5,16-18,22H,6-13H2,1H3,(H,21,23). The van der Waals surface area contributed by atoms with Crippen LogP contribution in [0, 0.1) is 24.7 Å². The van der Waals surface area contributed by atoms with Gasteiger partial charge in [-0.05, 0) is 68.8 Å². The van der Waals surface area contributed by atoms with Gasteiger partial charge in [-0.25, -0.2) is 0 Å². The van der Waals surface area contributed by atoms with E-state index >= 15 is 0 Å². The number of hydrogen-bond donors (Lipinski definition) is 2. The Bertz CT molecular complexity index is 543. The molecule has 3 heteroatoms. The van der Waals surface area contributed by atoms with Gasteiger partial charge in [-0.15, -0.1) is 0 Å². The van der Waals surface area contributed by atoms with Crippen molar-refractivity contribution in [2.75, 3.05) is 6.54 Å². The van der Waals surface area contributed by atoms with Crippen LogP contribution in [0.3, 0.4) is 0 Å². The first kappa shape index (κ1) is 15.2. The first-order valence-electron chi connectivity index (χ1n) is 9.17. The molecule has 4 fully saturated rings. The SMILES string of the molecule is Cc1ccc(CNC(=O)CNC23CC4CC(CC(C4)C2)C3)cc1. The molecule has 4 bridgehead atoms. The van der Waals surface area contributed by atoms with Crippen LogP contribution in [0.2, 0.25) is 0 Å². The topological polar surface area (TPSA) is 41.1 Å². The van der Waals surface area contributed by atoms with E-state index in [9.17, 15) is 4.79 Å². The molecule has 4 aliphatic rings. The molecule has 0 saturated heterocycles. The Balaban J connectivity index is 1.27. The number of nitrogens with one attached hydrogen (secondary N) is 2. The number of benzene rings is 1. The molecule has 0 atom stereocenters. The lowest BCUT2D eigenvalue weighted by Gasteiger charge is -2.57. The van der Waals surface area contributed by atoms with Gasteiger partial charge in [-0.3, -0.25) is 4.79 Å². The lowest BCUT2D eigenvalue weighted by atomic mass is 9.53. The molecule has 0 aromatic heterocycles. The second kappa shape index (κ2) is 5.94. The van der Waals surface area contributed by atoms with Gasteiger partial charge in [0.1, 0.15) is 0 Å². The number of carbonyl (C=O) groups is 1. The van der Waals surface area contributed by atoms with Crippen molar-refractivity contribution in [2.45, 2.75) is 57.5 Å². The van der Waals surface area contributed by atoms with E-state index < -0.39 is 0 Å². The highest BCUT2D eigenvalue weighted by Gasteiger charge is 2.50. The van der Waals surface area contributed by atoms with Gasteiger partial charge in [0, 0.05) is 12.1 Å². The summed E-state index contributed by atoms with van der Waals surface area (Å²) in [4.78, 5) is 12.2. The van der Waals surface area contributed by atoms with Crippen molar-refractivity contribution in [3.8, 4) is 0 Å². The quantitative estimate of drug-likeness (QED) is 0.877. The normalized spacial score (nSPS) is 34.6. The molecule has 4 saturated carbocycles. The van der Waals surface area contributed by atoms with Crippen LogP contribution in [0.5, 0.6) is 0 Å². The highest BCUT2D eigenvalue weighted by atomic mass is 16.1. The lowest BCUT2D eigenvalue weighted by molar-refractivity contribution is -0.121. The summed E-state index contributed by atoms with van der Waals surface area (Å²) in [6.45, 7) is 3.18. The van der Waals surface area contributed by atoms with Crippen LogP contribution in [-0.2, 0) is 11.3 Å². The van der Waals surface area contributed by atoms with Gasteiger partial charge < -0.3 is 10.6 Å². The molecule has 124 valence electrons. The molecule has 5 rings (SSSR count). The summed E-state index contributed by atoms with van der Waals surface area (Å²) in [6, 6.07) is 8.36. The van der Waals surface area contributed by atoms with Gasteiger partial charge in [-0.1, -0.05) is 29.8 Å². The van der Waals surface area contributed by atoms with E-state index in [1.54, 1.807) is 0 Å². The van der Waals surface area contributed by atoms with Crippen LogP contribution in [-0.4, -0.2) is 18.0 Å². The van der Waals surface area contributed by atoms with Crippen LogP contribution in [0.25, 0.3) is 0 Å². The summed E-state index contributed by atoms with van der Waals surface area (Å²) in [5, 5.41) is 6.71. The zero-order valence-corrected chi connectivity index (χ0v) is 14.1. The van der Waals surface area contributed by atoms with Crippen LogP contribution in [0.1, 0.15) is 49.7 Å². The minimum atomic E-state index is 0.126. The number of aryl methyl sites for hydroxylation is 1. The minimum Gasteiger partial charge on any atom is -0.351 e. The number of carbonyl (C=O) groups excluding carboxylic acids is 1. The predicted octanol–water partition coefficient (Wildman–Crippen LogP) is 3.17. The molecule has 0 radical (unpaired) electrons. The van der Waals surface area contributed by atoms with E-state index in [2.05, 4.69) is 41.8 Å². The predicted molar refractivity (Wildman–Crippen MR) is 91.9 cm³/mol. The third kappa shape index (κ3) is 3.30. The average Bonchev–Trinajstić information content (AvgIpc) is 2.51. The zero-order chi connectivity index (χ0) is 15.9. The van der Waals surface area contributed by atoms with Crippen molar-refractivity contribution < 1.29 is 4.79 Å². The number of rotatable bonds is 5. The van der Waals surface area contributed by atoms with Crippen molar-refractivity contribution in [3.63, 3.8) is 0 Å². The van der Waals surface area contributed by atoms with Crippen LogP contribution in [0.15, 0.2) is 24.3 Å². The molecule has 0 spiro atoms. The van der Waals surface area contributed by atoms with Gasteiger partial charge in [0.25, 0.3) is 0 Å². The maximum Gasteiger partial charge on any atom is 0.234 e. The Kier molecular flexibility index (Phi) is 3.92. The van der Waals surface area contributed by atoms with E-state index in [-0.39, 0.29) is 11.4 Å². The Morgan fingerprint density at radius 2 is 1.61 bits per heavy atom. The van der Waals surface area contributed by atoms with Crippen LogP contribution < -0.4 is 10.6 Å². The van der Waals surface area contributed by atoms with Crippen molar-refractivity contribution in [1.82, 2.24) is 10.6 Å². The lowest BCUT2D eigenvalue weighted by Crippen LogP contribution is -2.59. The molecule has 1 aromatic rings.